The van der Waals surface area contributed by atoms with Gasteiger partial charge in [-0.05, 0) is 19.1 Å². The summed E-state index contributed by atoms with van der Waals surface area (Å²) in [5.41, 5.74) is -0.113. The first kappa shape index (κ1) is 13.9. The van der Waals surface area contributed by atoms with Crippen LogP contribution >= 0.6 is 0 Å². The monoisotopic (exact) mass is 305 g/mol. The minimum Gasteiger partial charge on any atom is -0.454 e. The summed E-state index contributed by atoms with van der Waals surface area (Å²) in [4.78, 5) is 35.2. The molecule has 1 fully saturated rings. The van der Waals surface area contributed by atoms with E-state index in [1.54, 1.807) is 6.92 Å². The Kier molecular flexibility index (Phi) is 3.17. The number of nitro benzene ring substituents is 1. The zero-order chi connectivity index (χ0) is 15.9. The second kappa shape index (κ2) is 5.02. The smallest absolute Gasteiger partial charge is 0.328 e. The first-order chi connectivity index (χ1) is 10.5. The van der Waals surface area contributed by atoms with Gasteiger partial charge in [-0.2, -0.15) is 0 Å². The molecule has 0 spiro atoms. The maximum absolute atomic E-state index is 12.0. The number of hydrogen-bond donors (Lipinski definition) is 1. The third kappa shape index (κ3) is 2.12. The number of nitrogens with zero attached hydrogens (tertiary/aromatic N) is 2. The van der Waals surface area contributed by atoms with Crippen molar-refractivity contribution in [3.63, 3.8) is 0 Å². The van der Waals surface area contributed by atoms with Crippen LogP contribution in [0, 0.1) is 10.1 Å². The van der Waals surface area contributed by atoms with E-state index in [9.17, 15) is 19.7 Å². The van der Waals surface area contributed by atoms with Crippen molar-refractivity contribution in [3.05, 3.63) is 33.5 Å². The van der Waals surface area contributed by atoms with Gasteiger partial charge in [0.25, 0.3) is 11.6 Å². The summed E-state index contributed by atoms with van der Waals surface area (Å²) >= 11 is 0. The van der Waals surface area contributed by atoms with Crippen LogP contribution in [0.2, 0.25) is 0 Å². The second-order valence-corrected chi connectivity index (χ2v) is 4.56. The fourth-order valence-corrected chi connectivity index (χ4v) is 2.23. The minimum absolute atomic E-state index is 0.0196. The van der Waals surface area contributed by atoms with Crippen molar-refractivity contribution in [2.24, 2.45) is 0 Å². The van der Waals surface area contributed by atoms with Crippen molar-refractivity contribution in [2.45, 2.75) is 6.92 Å². The lowest BCUT2D eigenvalue weighted by atomic mass is 10.1. The van der Waals surface area contributed by atoms with Crippen LogP contribution in [0.5, 0.6) is 11.5 Å². The fourth-order valence-electron chi connectivity index (χ4n) is 2.23. The van der Waals surface area contributed by atoms with Crippen LogP contribution in [0.25, 0.3) is 6.08 Å². The van der Waals surface area contributed by atoms with E-state index < -0.39 is 16.9 Å². The number of urea groups is 1. The average molecular weight is 305 g/mol. The molecule has 0 unspecified atom stereocenters. The molecule has 1 aromatic carbocycles. The summed E-state index contributed by atoms with van der Waals surface area (Å²) in [5.74, 6) is 0.0897. The number of carbonyl (C=O) groups excluding carboxylic acids is 2. The largest absolute Gasteiger partial charge is 0.454 e. The lowest BCUT2D eigenvalue weighted by molar-refractivity contribution is -0.385. The van der Waals surface area contributed by atoms with Gasteiger partial charge in [0.05, 0.1) is 16.6 Å². The molecule has 0 radical (unpaired) electrons. The molecule has 114 valence electrons. The number of rotatable bonds is 3. The predicted molar refractivity (Wildman–Crippen MR) is 73.1 cm³/mol. The Morgan fingerprint density at radius 2 is 2.05 bits per heavy atom. The molecule has 0 saturated carbocycles. The molecule has 22 heavy (non-hydrogen) atoms. The van der Waals surface area contributed by atoms with Gasteiger partial charge >= 0.3 is 6.03 Å². The van der Waals surface area contributed by atoms with E-state index in [0.29, 0.717) is 5.75 Å². The second-order valence-electron chi connectivity index (χ2n) is 4.56. The third-order valence-electron chi connectivity index (χ3n) is 3.30. The molecule has 9 heteroatoms. The van der Waals surface area contributed by atoms with E-state index in [-0.39, 0.29) is 36.0 Å². The molecule has 0 aromatic heterocycles. The summed E-state index contributed by atoms with van der Waals surface area (Å²) in [5, 5.41) is 13.5. The van der Waals surface area contributed by atoms with Crippen LogP contribution in [0.3, 0.4) is 0 Å². The van der Waals surface area contributed by atoms with Crippen molar-refractivity contribution in [2.75, 3.05) is 13.3 Å². The third-order valence-corrected chi connectivity index (χ3v) is 3.30. The van der Waals surface area contributed by atoms with E-state index >= 15 is 0 Å². The van der Waals surface area contributed by atoms with Crippen molar-refractivity contribution >= 4 is 23.7 Å². The Morgan fingerprint density at radius 1 is 1.36 bits per heavy atom. The number of nitrogens with one attached hydrogen (secondary N) is 1. The van der Waals surface area contributed by atoms with Crippen molar-refractivity contribution in [1.29, 1.82) is 0 Å². The number of hydrogen-bond acceptors (Lipinski definition) is 6. The summed E-state index contributed by atoms with van der Waals surface area (Å²) < 4.78 is 10.3. The van der Waals surface area contributed by atoms with E-state index in [1.165, 1.54) is 18.2 Å². The molecule has 1 saturated heterocycles. The molecule has 9 nitrogen and oxygen atoms in total. The number of amides is 3. The molecule has 1 N–H and O–H groups in total. The molecule has 3 amide bonds. The Labute approximate surface area is 124 Å². The molecule has 1 aromatic rings. The lowest BCUT2D eigenvalue weighted by Crippen LogP contribution is -2.30. The van der Waals surface area contributed by atoms with Gasteiger partial charge in [0.2, 0.25) is 6.79 Å². The number of likely N-dealkylation sites (N-methyl/N-ethyl adjacent to an activating group) is 1. The molecular weight excluding hydrogens is 294 g/mol. The zero-order valence-corrected chi connectivity index (χ0v) is 11.5. The number of benzene rings is 1. The SMILES string of the molecule is CCN1C(=O)N/C(=C\c2cc3c(cc2[N+](=O)[O-])OCO3)C1=O. The summed E-state index contributed by atoms with van der Waals surface area (Å²) in [6.07, 6.45) is 1.26. The van der Waals surface area contributed by atoms with Crippen molar-refractivity contribution in [1.82, 2.24) is 10.2 Å². The topological polar surface area (TPSA) is 111 Å². The fraction of sp³-hybridized carbons (Fsp3) is 0.231. The molecule has 0 atom stereocenters. The number of nitro groups is 1. The van der Waals surface area contributed by atoms with Gasteiger partial charge in [0, 0.05) is 6.54 Å². The lowest BCUT2D eigenvalue weighted by Gasteiger charge is -2.06. The van der Waals surface area contributed by atoms with E-state index in [4.69, 9.17) is 9.47 Å². The van der Waals surface area contributed by atoms with Crippen LogP contribution in [0.4, 0.5) is 10.5 Å². The highest BCUT2D eigenvalue weighted by molar-refractivity contribution is 6.14. The van der Waals surface area contributed by atoms with Gasteiger partial charge in [-0.3, -0.25) is 19.8 Å². The van der Waals surface area contributed by atoms with Crippen LogP contribution < -0.4 is 14.8 Å². The van der Waals surface area contributed by atoms with Gasteiger partial charge in [-0.1, -0.05) is 0 Å². The Balaban J connectivity index is 2.05. The number of fused-ring (bicyclic) bond motifs is 1. The highest BCUT2D eigenvalue weighted by Gasteiger charge is 2.33. The van der Waals surface area contributed by atoms with Gasteiger partial charge < -0.3 is 14.8 Å². The van der Waals surface area contributed by atoms with Gasteiger partial charge in [0.15, 0.2) is 11.5 Å². The maximum Gasteiger partial charge on any atom is 0.328 e. The average Bonchev–Trinajstić information content (AvgIpc) is 3.02. The number of imide groups is 1. The quantitative estimate of drug-likeness (QED) is 0.389. The molecule has 0 aliphatic carbocycles. The first-order valence-electron chi connectivity index (χ1n) is 6.44. The molecule has 0 bridgehead atoms. The Bertz CT molecular complexity index is 727. The van der Waals surface area contributed by atoms with Gasteiger partial charge in [-0.25, -0.2) is 4.79 Å². The molecule has 3 rings (SSSR count). The molecule has 2 aliphatic heterocycles. The zero-order valence-electron chi connectivity index (χ0n) is 11.5. The Morgan fingerprint density at radius 3 is 2.64 bits per heavy atom. The molecule has 2 aliphatic rings. The minimum atomic E-state index is -0.590. The first-order valence-corrected chi connectivity index (χ1v) is 6.44. The van der Waals surface area contributed by atoms with Crippen LogP contribution in [0.15, 0.2) is 17.8 Å². The molecule has 2 heterocycles. The number of carbonyl (C=O) groups is 2. The highest BCUT2D eigenvalue weighted by atomic mass is 16.7. The Hall–Kier alpha value is -3.10. The predicted octanol–water partition coefficient (Wildman–Crippen LogP) is 1.24. The number of ether oxygens (including phenoxy) is 2. The summed E-state index contributed by atoms with van der Waals surface area (Å²) in [6.45, 7) is 1.85. The van der Waals surface area contributed by atoms with Crippen LogP contribution in [-0.4, -0.2) is 35.1 Å². The maximum atomic E-state index is 12.0. The van der Waals surface area contributed by atoms with Crippen LogP contribution in [0.1, 0.15) is 12.5 Å². The van der Waals surface area contributed by atoms with Crippen molar-refractivity contribution in [3.8, 4) is 11.5 Å². The van der Waals surface area contributed by atoms with E-state index in [0.717, 1.165) is 4.90 Å². The summed E-state index contributed by atoms with van der Waals surface area (Å²) in [7, 11) is 0. The van der Waals surface area contributed by atoms with Gasteiger partial charge in [0.1, 0.15) is 5.70 Å². The normalized spacial score (nSPS) is 18.0. The van der Waals surface area contributed by atoms with Crippen LogP contribution in [-0.2, 0) is 4.79 Å². The molecular formula is C13H11N3O6. The highest BCUT2D eigenvalue weighted by Crippen LogP contribution is 2.38. The summed E-state index contributed by atoms with van der Waals surface area (Å²) in [6, 6.07) is 2.08. The van der Waals surface area contributed by atoms with E-state index in [1.807, 2.05) is 0 Å². The van der Waals surface area contributed by atoms with Crippen molar-refractivity contribution < 1.29 is 24.0 Å². The van der Waals surface area contributed by atoms with E-state index in [2.05, 4.69) is 5.32 Å². The van der Waals surface area contributed by atoms with Gasteiger partial charge in [-0.15, -0.1) is 0 Å². The standard InChI is InChI=1S/C13H11N3O6/c1-2-15-12(17)8(14-13(15)18)3-7-4-10-11(22-6-21-10)5-9(7)16(19)20/h3-5H,2,6H2,1H3,(H,14,18)/b8-3-.